The molecule has 0 amide bonds. The molecule has 2 N–H and O–H groups in total. The average Bonchev–Trinajstić information content (AvgIpc) is 2.73. The molecule has 0 unspecified atom stereocenters. The number of Topliss-reactive ketones (excluding diaryl/α,β-unsaturated/α-hetero) is 1. The molecule has 1 aromatic rings. The van der Waals surface area contributed by atoms with Crippen LogP contribution in [0.3, 0.4) is 0 Å². The van der Waals surface area contributed by atoms with Gasteiger partial charge in [-0.2, -0.15) is 0 Å². The van der Waals surface area contributed by atoms with Gasteiger partial charge in [-0.3, -0.25) is 14.4 Å². The first kappa shape index (κ1) is 25.9. The van der Waals surface area contributed by atoms with Crippen LogP contribution >= 0.6 is 11.6 Å². The van der Waals surface area contributed by atoms with E-state index in [9.17, 15) is 24.6 Å². The molecule has 1 fully saturated rings. The van der Waals surface area contributed by atoms with Gasteiger partial charge in [-0.25, -0.2) is 0 Å². The van der Waals surface area contributed by atoms with Crippen molar-refractivity contribution in [2.45, 2.75) is 73.3 Å². The Hall–Kier alpha value is -2.34. The number of carbonyl (C=O) groups is 3. The van der Waals surface area contributed by atoms with E-state index in [1.54, 1.807) is 13.0 Å². The number of aldehydes is 1. The van der Waals surface area contributed by atoms with Gasteiger partial charge in [-0.05, 0) is 55.6 Å². The number of rotatable bonds is 7. The average molecular weight is 465 g/mol. The first-order valence-corrected chi connectivity index (χ1v) is 11.3. The zero-order valence-electron chi connectivity index (χ0n) is 19.6. The Kier molecular flexibility index (Phi) is 8.16. The summed E-state index contributed by atoms with van der Waals surface area (Å²) < 4.78 is 5.62. The summed E-state index contributed by atoms with van der Waals surface area (Å²) in [6.45, 7) is 10.8. The smallest absolute Gasteiger partial charge is 0.303 e. The molecule has 2 rings (SSSR count). The Balaban J connectivity index is 2.39. The molecule has 7 heteroatoms. The number of esters is 1. The number of halogens is 1. The molecular formula is C25H33ClO6. The highest BCUT2D eigenvalue weighted by Gasteiger charge is 2.45. The molecule has 6 nitrogen and oxygen atoms in total. The van der Waals surface area contributed by atoms with Crippen molar-refractivity contribution in [1.29, 1.82) is 0 Å². The number of carbonyl (C=O) groups excluding carboxylic acids is 3. The third-order valence-corrected chi connectivity index (χ3v) is 7.84. The Bertz CT molecular complexity index is 950. The van der Waals surface area contributed by atoms with Gasteiger partial charge >= 0.3 is 5.97 Å². The molecule has 0 saturated heterocycles. The predicted octanol–water partition coefficient (Wildman–Crippen LogP) is 5.32. The molecular weight excluding hydrogens is 432 g/mol. The van der Waals surface area contributed by atoms with Crippen LogP contribution in [0.4, 0.5) is 0 Å². The lowest BCUT2D eigenvalue weighted by Gasteiger charge is -2.45. The van der Waals surface area contributed by atoms with Crippen molar-refractivity contribution in [3.8, 4) is 11.5 Å². The van der Waals surface area contributed by atoms with Gasteiger partial charge < -0.3 is 14.9 Å². The van der Waals surface area contributed by atoms with Crippen LogP contribution < -0.4 is 0 Å². The number of hydrogen-bond donors (Lipinski definition) is 2. The minimum Gasteiger partial charge on any atom is -0.507 e. The molecule has 1 aliphatic carbocycles. The normalized spacial score (nSPS) is 24.8. The lowest BCUT2D eigenvalue weighted by molar-refractivity contribution is -0.148. The van der Waals surface area contributed by atoms with Gasteiger partial charge in [-0.1, -0.05) is 38.4 Å². The number of allylic oxidation sites excluding steroid dienone is 1. The number of ketones is 1. The van der Waals surface area contributed by atoms with Gasteiger partial charge in [0.15, 0.2) is 6.29 Å². The number of hydrogen-bond acceptors (Lipinski definition) is 6. The van der Waals surface area contributed by atoms with Crippen molar-refractivity contribution < 1.29 is 29.3 Å². The van der Waals surface area contributed by atoms with Crippen LogP contribution in [0.15, 0.2) is 11.6 Å². The predicted molar refractivity (Wildman–Crippen MR) is 123 cm³/mol. The topological polar surface area (TPSA) is 101 Å². The van der Waals surface area contributed by atoms with Crippen LogP contribution in [0.5, 0.6) is 11.5 Å². The molecule has 1 aromatic carbocycles. The van der Waals surface area contributed by atoms with Crippen molar-refractivity contribution in [2.24, 2.45) is 17.3 Å². The van der Waals surface area contributed by atoms with E-state index < -0.39 is 12.1 Å². The van der Waals surface area contributed by atoms with Crippen LogP contribution in [-0.2, 0) is 20.7 Å². The van der Waals surface area contributed by atoms with Gasteiger partial charge in [0, 0.05) is 24.8 Å². The number of benzene rings is 1. The highest BCUT2D eigenvalue weighted by molar-refractivity contribution is 6.33. The molecule has 176 valence electrons. The largest absolute Gasteiger partial charge is 0.507 e. The van der Waals surface area contributed by atoms with E-state index >= 15 is 0 Å². The van der Waals surface area contributed by atoms with Gasteiger partial charge in [0.05, 0.1) is 10.6 Å². The van der Waals surface area contributed by atoms with E-state index in [-0.39, 0.29) is 57.1 Å². The molecule has 0 aliphatic heterocycles. The fourth-order valence-corrected chi connectivity index (χ4v) is 4.80. The van der Waals surface area contributed by atoms with Gasteiger partial charge in [0.2, 0.25) is 0 Å². The van der Waals surface area contributed by atoms with E-state index in [1.165, 1.54) is 6.92 Å². The summed E-state index contributed by atoms with van der Waals surface area (Å²) in [6, 6.07) is 0. The molecule has 0 bridgehead atoms. The summed E-state index contributed by atoms with van der Waals surface area (Å²) in [4.78, 5) is 35.6. The quantitative estimate of drug-likeness (QED) is 0.321. The SMILES string of the molecule is CC(=O)O[C@@H](C[C@@]1(C)[C@H](C)CCC(=O)[C@@H]1C)/C(C)=C/Cc1c(O)c(Cl)c(C)c(C=O)c1O. The summed E-state index contributed by atoms with van der Waals surface area (Å²) in [5, 5.41) is 20.9. The van der Waals surface area contributed by atoms with E-state index in [4.69, 9.17) is 16.3 Å². The summed E-state index contributed by atoms with van der Waals surface area (Å²) >= 11 is 6.14. The fraction of sp³-hybridized carbons (Fsp3) is 0.560. The van der Waals surface area contributed by atoms with Gasteiger partial charge in [0.25, 0.3) is 0 Å². The lowest BCUT2D eigenvalue weighted by Crippen LogP contribution is -2.44. The van der Waals surface area contributed by atoms with Crippen LogP contribution in [-0.4, -0.2) is 34.4 Å². The maximum absolute atomic E-state index is 12.4. The second-order valence-electron chi connectivity index (χ2n) is 9.23. The second-order valence-corrected chi connectivity index (χ2v) is 9.61. The molecule has 0 spiro atoms. The minimum atomic E-state index is -0.566. The standard InChI is InChI=1S/C25H33ClO6/c1-13(7-9-18-23(30)19(12-27)15(3)22(26)24(18)31)21(32-17(5)28)11-25(6)14(2)8-10-20(29)16(25)4/h7,12,14,16,21,30-31H,8-11H2,1-6H3/b13-7+/t14-,16+,21+,25+/m1/s1. The van der Waals surface area contributed by atoms with E-state index in [2.05, 4.69) is 13.8 Å². The molecule has 0 heterocycles. The number of ether oxygens (including phenoxy) is 1. The van der Waals surface area contributed by atoms with Crippen molar-refractivity contribution in [3.05, 3.63) is 33.4 Å². The summed E-state index contributed by atoms with van der Waals surface area (Å²) in [7, 11) is 0. The zero-order valence-corrected chi connectivity index (χ0v) is 20.4. The minimum absolute atomic E-state index is 0.0124. The monoisotopic (exact) mass is 464 g/mol. The Morgan fingerprint density at radius 1 is 1.28 bits per heavy atom. The van der Waals surface area contributed by atoms with E-state index in [0.29, 0.717) is 24.7 Å². The Morgan fingerprint density at radius 3 is 2.47 bits per heavy atom. The number of aromatic hydroxyl groups is 2. The second kappa shape index (κ2) is 10.1. The van der Waals surface area contributed by atoms with Gasteiger partial charge in [-0.15, -0.1) is 0 Å². The summed E-state index contributed by atoms with van der Waals surface area (Å²) in [5.41, 5.74) is 0.844. The Labute approximate surface area is 194 Å². The van der Waals surface area contributed by atoms with Crippen LogP contribution in [0.25, 0.3) is 0 Å². The van der Waals surface area contributed by atoms with Crippen LogP contribution in [0, 0.1) is 24.2 Å². The van der Waals surface area contributed by atoms with Crippen molar-refractivity contribution in [1.82, 2.24) is 0 Å². The van der Waals surface area contributed by atoms with Crippen molar-refractivity contribution in [2.75, 3.05) is 0 Å². The number of phenols is 2. The van der Waals surface area contributed by atoms with Crippen LogP contribution in [0.1, 0.15) is 75.4 Å². The molecule has 4 atom stereocenters. The molecule has 1 saturated carbocycles. The summed E-state index contributed by atoms with van der Waals surface area (Å²) in [5.74, 6) is -0.691. The summed E-state index contributed by atoms with van der Waals surface area (Å²) in [6.07, 6.45) is 3.61. The third-order valence-electron chi connectivity index (χ3n) is 7.38. The molecule has 0 radical (unpaired) electrons. The van der Waals surface area contributed by atoms with E-state index in [0.717, 1.165) is 12.0 Å². The molecule has 0 aromatic heterocycles. The van der Waals surface area contributed by atoms with Crippen molar-refractivity contribution >= 4 is 29.6 Å². The maximum atomic E-state index is 12.4. The van der Waals surface area contributed by atoms with Crippen LogP contribution in [0.2, 0.25) is 5.02 Å². The lowest BCUT2D eigenvalue weighted by atomic mass is 9.59. The highest BCUT2D eigenvalue weighted by Crippen LogP contribution is 2.48. The van der Waals surface area contributed by atoms with Gasteiger partial charge in [0.1, 0.15) is 23.4 Å². The molecule has 1 aliphatic rings. The maximum Gasteiger partial charge on any atom is 0.303 e. The van der Waals surface area contributed by atoms with E-state index in [1.807, 2.05) is 13.8 Å². The molecule has 32 heavy (non-hydrogen) atoms. The Morgan fingerprint density at radius 2 is 1.91 bits per heavy atom. The first-order valence-electron chi connectivity index (χ1n) is 10.9. The zero-order chi connectivity index (χ0) is 24.4. The van der Waals surface area contributed by atoms with Crippen molar-refractivity contribution in [3.63, 3.8) is 0 Å². The highest BCUT2D eigenvalue weighted by atomic mass is 35.5. The first-order chi connectivity index (χ1) is 14.8. The number of phenolic OH excluding ortho intramolecular Hbond substituents is 2. The fourth-order valence-electron chi connectivity index (χ4n) is 4.59. The third kappa shape index (κ3) is 5.01.